The Morgan fingerprint density at radius 2 is 2.17 bits per heavy atom. The number of thiophene rings is 1. The van der Waals surface area contributed by atoms with Crippen molar-refractivity contribution in [1.82, 2.24) is 0 Å². The largest absolute Gasteiger partial charge is 0.398 e. The number of hydrogen-bond acceptors (Lipinski definition) is 2. The standard InChI is InChI=1S/C8H5BrINS/c9-4-1-2-6(11)8-7(4)5(10)3-12-8/h1-3H,11H2. The van der Waals surface area contributed by atoms with Gasteiger partial charge in [-0.2, -0.15) is 0 Å². The number of nitrogens with two attached hydrogens (primary N) is 1. The Bertz CT molecular complexity index is 438. The van der Waals surface area contributed by atoms with Crippen LogP contribution in [0.4, 0.5) is 5.69 Å². The fraction of sp³-hybridized carbons (Fsp3) is 0. The molecule has 0 bridgehead atoms. The number of anilines is 1. The predicted octanol–water partition coefficient (Wildman–Crippen LogP) is 3.85. The Labute approximate surface area is 96.2 Å². The SMILES string of the molecule is Nc1ccc(Br)c2c(I)csc12. The first-order valence-corrected chi connectivity index (χ1v) is 6.06. The molecule has 4 heteroatoms. The normalized spacial score (nSPS) is 10.8. The predicted molar refractivity (Wildman–Crippen MR) is 66.7 cm³/mol. The molecule has 0 saturated carbocycles. The van der Waals surface area contributed by atoms with Gasteiger partial charge in [-0.3, -0.25) is 0 Å². The third-order valence-corrected chi connectivity index (χ3v) is 4.62. The molecule has 2 N–H and O–H groups in total. The summed E-state index contributed by atoms with van der Waals surface area (Å²) in [6.07, 6.45) is 0. The first-order chi connectivity index (χ1) is 5.70. The third-order valence-electron chi connectivity index (χ3n) is 1.66. The fourth-order valence-corrected chi connectivity index (χ4v) is 4.15. The minimum absolute atomic E-state index is 0.862. The molecule has 0 spiro atoms. The second-order valence-corrected chi connectivity index (χ2v) is 5.32. The molecule has 0 fully saturated rings. The van der Waals surface area contributed by atoms with Crippen molar-refractivity contribution in [2.45, 2.75) is 0 Å². The van der Waals surface area contributed by atoms with E-state index < -0.39 is 0 Å². The molecule has 0 radical (unpaired) electrons. The molecule has 1 aromatic carbocycles. The molecule has 1 aromatic heterocycles. The Morgan fingerprint density at radius 3 is 2.83 bits per heavy atom. The van der Waals surface area contributed by atoms with Crippen molar-refractivity contribution in [3.05, 3.63) is 25.6 Å². The molecular weight excluding hydrogens is 349 g/mol. The zero-order valence-corrected chi connectivity index (χ0v) is 10.5. The molecule has 0 aliphatic rings. The minimum atomic E-state index is 0.862. The van der Waals surface area contributed by atoms with Crippen molar-refractivity contribution in [3.8, 4) is 0 Å². The molecule has 62 valence electrons. The van der Waals surface area contributed by atoms with Gasteiger partial charge in [-0.15, -0.1) is 11.3 Å². The highest BCUT2D eigenvalue weighted by atomic mass is 127. The summed E-state index contributed by atoms with van der Waals surface area (Å²) in [6.45, 7) is 0. The molecule has 0 aliphatic carbocycles. The smallest absolute Gasteiger partial charge is 0.0594 e. The summed E-state index contributed by atoms with van der Waals surface area (Å²) in [6, 6.07) is 3.92. The van der Waals surface area contributed by atoms with E-state index in [9.17, 15) is 0 Å². The topological polar surface area (TPSA) is 26.0 Å². The fourth-order valence-electron chi connectivity index (χ4n) is 1.09. The van der Waals surface area contributed by atoms with Crippen LogP contribution in [0.5, 0.6) is 0 Å². The van der Waals surface area contributed by atoms with Crippen LogP contribution in [0.3, 0.4) is 0 Å². The first kappa shape index (κ1) is 8.77. The average Bonchev–Trinajstić information content (AvgIpc) is 2.42. The quantitative estimate of drug-likeness (QED) is 0.565. The van der Waals surface area contributed by atoms with Crippen LogP contribution in [0.25, 0.3) is 10.1 Å². The van der Waals surface area contributed by atoms with E-state index in [1.807, 2.05) is 12.1 Å². The van der Waals surface area contributed by atoms with E-state index in [4.69, 9.17) is 5.73 Å². The van der Waals surface area contributed by atoms with E-state index >= 15 is 0 Å². The van der Waals surface area contributed by atoms with Gasteiger partial charge in [-0.1, -0.05) is 15.9 Å². The van der Waals surface area contributed by atoms with Crippen LogP contribution in [-0.4, -0.2) is 0 Å². The van der Waals surface area contributed by atoms with Crippen LogP contribution in [0, 0.1) is 3.57 Å². The molecule has 1 heterocycles. The van der Waals surface area contributed by atoms with Gasteiger partial charge in [0.15, 0.2) is 0 Å². The molecular formula is C8H5BrINS. The highest BCUT2D eigenvalue weighted by molar-refractivity contribution is 14.1. The van der Waals surface area contributed by atoms with Crippen LogP contribution >= 0.6 is 49.9 Å². The Morgan fingerprint density at radius 1 is 1.42 bits per heavy atom. The molecule has 2 rings (SSSR count). The number of hydrogen-bond donors (Lipinski definition) is 1. The van der Waals surface area contributed by atoms with Crippen molar-refractivity contribution < 1.29 is 0 Å². The maximum Gasteiger partial charge on any atom is 0.0594 e. The summed E-state index contributed by atoms with van der Waals surface area (Å²) < 4.78 is 3.55. The lowest BCUT2D eigenvalue weighted by atomic mass is 10.2. The molecule has 0 atom stereocenters. The van der Waals surface area contributed by atoms with Gasteiger partial charge in [0.05, 0.1) is 4.70 Å². The van der Waals surface area contributed by atoms with E-state index in [1.165, 1.54) is 13.7 Å². The monoisotopic (exact) mass is 353 g/mol. The van der Waals surface area contributed by atoms with Gasteiger partial charge in [0, 0.05) is 24.5 Å². The van der Waals surface area contributed by atoms with Gasteiger partial charge in [-0.25, -0.2) is 0 Å². The van der Waals surface area contributed by atoms with Crippen LogP contribution in [0.2, 0.25) is 0 Å². The highest BCUT2D eigenvalue weighted by Gasteiger charge is 2.07. The van der Waals surface area contributed by atoms with Crippen molar-refractivity contribution in [1.29, 1.82) is 0 Å². The summed E-state index contributed by atoms with van der Waals surface area (Å²) in [5.41, 5.74) is 6.69. The summed E-state index contributed by atoms with van der Waals surface area (Å²) in [5, 5.41) is 3.35. The summed E-state index contributed by atoms with van der Waals surface area (Å²) in [7, 11) is 0. The van der Waals surface area contributed by atoms with Gasteiger partial charge in [0.1, 0.15) is 0 Å². The molecule has 0 amide bonds. The molecule has 0 aliphatic heterocycles. The highest BCUT2D eigenvalue weighted by Crippen LogP contribution is 2.36. The van der Waals surface area contributed by atoms with Gasteiger partial charge in [-0.05, 0) is 34.7 Å². The van der Waals surface area contributed by atoms with E-state index in [-0.39, 0.29) is 0 Å². The minimum Gasteiger partial charge on any atom is -0.398 e. The van der Waals surface area contributed by atoms with Crippen molar-refractivity contribution in [2.75, 3.05) is 5.73 Å². The van der Waals surface area contributed by atoms with Crippen LogP contribution < -0.4 is 5.73 Å². The van der Waals surface area contributed by atoms with Crippen molar-refractivity contribution in [2.24, 2.45) is 0 Å². The third kappa shape index (κ3) is 1.25. The number of nitrogen functional groups attached to an aromatic ring is 1. The first-order valence-electron chi connectivity index (χ1n) is 3.31. The number of rotatable bonds is 0. The number of benzene rings is 1. The van der Waals surface area contributed by atoms with Gasteiger partial charge < -0.3 is 5.73 Å². The van der Waals surface area contributed by atoms with Crippen LogP contribution in [0.15, 0.2) is 22.0 Å². The van der Waals surface area contributed by atoms with Crippen molar-refractivity contribution in [3.63, 3.8) is 0 Å². The molecule has 1 nitrogen and oxygen atoms in total. The van der Waals surface area contributed by atoms with Gasteiger partial charge in [0.2, 0.25) is 0 Å². The molecule has 2 aromatic rings. The lowest BCUT2D eigenvalue weighted by Gasteiger charge is -1.98. The lowest BCUT2D eigenvalue weighted by molar-refractivity contribution is 1.74. The van der Waals surface area contributed by atoms with Gasteiger partial charge >= 0.3 is 0 Å². The summed E-state index contributed by atoms with van der Waals surface area (Å²) in [5.74, 6) is 0. The lowest BCUT2D eigenvalue weighted by Crippen LogP contribution is -1.83. The maximum absolute atomic E-state index is 5.82. The molecule has 0 unspecified atom stereocenters. The van der Waals surface area contributed by atoms with E-state index in [0.717, 1.165) is 10.2 Å². The number of fused-ring (bicyclic) bond motifs is 1. The summed E-state index contributed by atoms with van der Waals surface area (Å²) >= 11 is 7.52. The van der Waals surface area contributed by atoms with Crippen LogP contribution in [0.1, 0.15) is 0 Å². The second-order valence-electron chi connectivity index (χ2n) is 2.42. The van der Waals surface area contributed by atoms with E-state index in [0.29, 0.717) is 0 Å². The van der Waals surface area contributed by atoms with Crippen molar-refractivity contribution >= 4 is 65.6 Å². The molecule has 12 heavy (non-hydrogen) atoms. The van der Waals surface area contributed by atoms with Gasteiger partial charge in [0.25, 0.3) is 0 Å². The zero-order valence-electron chi connectivity index (χ0n) is 5.97. The Hall–Kier alpha value is 0.190. The average molecular weight is 354 g/mol. The zero-order chi connectivity index (χ0) is 8.72. The Balaban J connectivity index is 2.98. The maximum atomic E-state index is 5.82. The molecule has 0 saturated heterocycles. The second kappa shape index (κ2) is 3.16. The number of halogens is 2. The van der Waals surface area contributed by atoms with Crippen LogP contribution in [-0.2, 0) is 0 Å². The Kier molecular flexibility index (Phi) is 2.31. The summed E-state index contributed by atoms with van der Waals surface area (Å²) in [4.78, 5) is 0. The van der Waals surface area contributed by atoms with E-state index in [1.54, 1.807) is 11.3 Å². The van der Waals surface area contributed by atoms with E-state index in [2.05, 4.69) is 43.9 Å².